The molecular weight excluding hydrogens is 306 g/mol. The first-order valence-electron chi connectivity index (χ1n) is 6.87. The Kier molecular flexibility index (Phi) is 5.98. The maximum atomic E-state index is 12.2. The minimum atomic E-state index is -0.211. The van der Waals surface area contributed by atoms with Gasteiger partial charge in [0.1, 0.15) is 6.61 Å². The van der Waals surface area contributed by atoms with Gasteiger partial charge in [-0.15, -0.1) is 0 Å². The van der Waals surface area contributed by atoms with E-state index in [0.29, 0.717) is 21.4 Å². The SMILES string of the molecule is CSC1CCC(NC(=O)c2ccc(C#CCO)c(Cl)c2)C1. The Morgan fingerprint density at radius 3 is 2.95 bits per heavy atom. The van der Waals surface area contributed by atoms with E-state index in [1.165, 1.54) is 0 Å². The third-order valence-corrected chi connectivity index (χ3v) is 4.99. The van der Waals surface area contributed by atoms with Crippen LogP contribution in [0.1, 0.15) is 35.2 Å². The number of halogens is 1. The zero-order chi connectivity index (χ0) is 15.2. The van der Waals surface area contributed by atoms with E-state index in [9.17, 15) is 4.79 Å². The van der Waals surface area contributed by atoms with Gasteiger partial charge in [-0.2, -0.15) is 11.8 Å². The molecule has 2 rings (SSSR count). The summed E-state index contributed by atoms with van der Waals surface area (Å²) in [6.45, 7) is -0.211. The average molecular weight is 324 g/mol. The topological polar surface area (TPSA) is 49.3 Å². The zero-order valence-electron chi connectivity index (χ0n) is 11.9. The summed E-state index contributed by atoms with van der Waals surface area (Å²) in [5.41, 5.74) is 1.16. The maximum absolute atomic E-state index is 12.2. The number of benzene rings is 1. The number of carbonyl (C=O) groups excluding carboxylic acids is 1. The molecule has 1 aliphatic rings. The molecule has 1 saturated carbocycles. The average Bonchev–Trinajstić information content (AvgIpc) is 2.93. The lowest BCUT2D eigenvalue weighted by Gasteiger charge is -2.13. The standard InChI is InChI=1S/C16H18ClNO2S/c1-21-14-7-6-13(10-14)18-16(20)12-5-4-11(3-2-8-19)15(17)9-12/h4-5,9,13-14,19H,6-8,10H2,1H3,(H,18,20). The van der Waals surface area contributed by atoms with Crippen LogP contribution in [0.2, 0.25) is 5.02 Å². The molecule has 2 N–H and O–H groups in total. The summed E-state index contributed by atoms with van der Waals surface area (Å²) in [5.74, 6) is 5.20. The quantitative estimate of drug-likeness (QED) is 0.841. The third kappa shape index (κ3) is 4.41. The molecule has 0 spiro atoms. The molecule has 2 atom stereocenters. The molecular formula is C16H18ClNO2S. The fourth-order valence-corrected chi connectivity index (χ4v) is 3.47. The number of aliphatic hydroxyl groups excluding tert-OH is 1. The van der Waals surface area contributed by atoms with Crippen LogP contribution >= 0.6 is 23.4 Å². The highest BCUT2D eigenvalue weighted by Gasteiger charge is 2.25. The van der Waals surface area contributed by atoms with Gasteiger partial charge < -0.3 is 10.4 Å². The van der Waals surface area contributed by atoms with Crippen molar-refractivity contribution in [3.63, 3.8) is 0 Å². The summed E-state index contributed by atoms with van der Waals surface area (Å²) in [4.78, 5) is 12.2. The van der Waals surface area contributed by atoms with Crippen LogP contribution in [-0.4, -0.2) is 35.2 Å². The third-order valence-electron chi connectivity index (χ3n) is 3.59. The molecule has 2 unspecified atom stereocenters. The first-order valence-corrected chi connectivity index (χ1v) is 8.53. The molecule has 21 heavy (non-hydrogen) atoms. The number of amides is 1. The van der Waals surface area contributed by atoms with Gasteiger partial charge in [-0.25, -0.2) is 0 Å². The molecule has 1 amide bonds. The molecule has 0 radical (unpaired) electrons. The molecule has 0 aliphatic heterocycles. The molecule has 0 bridgehead atoms. The van der Waals surface area contributed by atoms with Crippen molar-refractivity contribution in [1.29, 1.82) is 0 Å². The highest BCUT2D eigenvalue weighted by atomic mass is 35.5. The molecule has 1 fully saturated rings. The van der Waals surface area contributed by atoms with Gasteiger partial charge in [-0.3, -0.25) is 4.79 Å². The lowest BCUT2D eigenvalue weighted by molar-refractivity contribution is 0.0938. The summed E-state index contributed by atoms with van der Waals surface area (Å²) in [7, 11) is 0. The van der Waals surface area contributed by atoms with Gasteiger partial charge in [0.2, 0.25) is 0 Å². The molecule has 0 saturated heterocycles. The predicted molar refractivity (Wildman–Crippen MR) is 87.8 cm³/mol. The van der Waals surface area contributed by atoms with Crippen LogP contribution in [0.5, 0.6) is 0 Å². The van der Waals surface area contributed by atoms with Crippen LogP contribution in [0.25, 0.3) is 0 Å². The van der Waals surface area contributed by atoms with E-state index >= 15 is 0 Å². The number of nitrogens with one attached hydrogen (secondary N) is 1. The summed E-state index contributed by atoms with van der Waals surface area (Å²) in [6.07, 6.45) is 5.33. The number of rotatable bonds is 3. The minimum absolute atomic E-state index is 0.0923. The van der Waals surface area contributed by atoms with Crippen molar-refractivity contribution in [3.05, 3.63) is 34.3 Å². The summed E-state index contributed by atoms with van der Waals surface area (Å²) < 4.78 is 0. The van der Waals surface area contributed by atoms with E-state index in [4.69, 9.17) is 16.7 Å². The van der Waals surface area contributed by atoms with Crippen molar-refractivity contribution < 1.29 is 9.90 Å². The van der Waals surface area contributed by atoms with Crippen LogP contribution in [-0.2, 0) is 0 Å². The molecule has 1 aliphatic carbocycles. The monoisotopic (exact) mass is 323 g/mol. The lowest BCUT2D eigenvalue weighted by Crippen LogP contribution is -2.33. The molecule has 112 valence electrons. The summed E-state index contributed by atoms with van der Waals surface area (Å²) >= 11 is 7.97. The summed E-state index contributed by atoms with van der Waals surface area (Å²) in [6, 6.07) is 5.30. The fraction of sp³-hybridized carbons (Fsp3) is 0.438. The van der Waals surface area contributed by atoms with Gasteiger partial charge in [0, 0.05) is 22.4 Å². The fourth-order valence-electron chi connectivity index (χ4n) is 2.45. The van der Waals surface area contributed by atoms with Crippen molar-refractivity contribution in [2.45, 2.75) is 30.6 Å². The highest BCUT2D eigenvalue weighted by Crippen LogP contribution is 2.28. The van der Waals surface area contributed by atoms with Gasteiger partial charge >= 0.3 is 0 Å². The van der Waals surface area contributed by atoms with E-state index in [0.717, 1.165) is 19.3 Å². The number of aliphatic hydroxyl groups is 1. The first kappa shape index (κ1) is 16.2. The second-order valence-electron chi connectivity index (χ2n) is 5.00. The van der Waals surface area contributed by atoms with Crippen LogP contribution in [0, 0.1) is 11.8 Å². The Bertz CT molecular complexity index is 579. The van der Waals surface area contributed by atoms with Gasteiger partial charge in [0.25, 0.3) is 5.91 Å². The molecule has 5 heteroatoms. The van der Waals surface area contributed by atoms with Crippen molar-refractivity contribution in [3.8, 4) is 11.8 Å². The van der Waals surface area contributed by atoms with E-state index in [2.05, 4.69) is 23.4 Å². The zero-order valence-corrected chi connectivity index (χ0v) is 13.4. The van der Waals surface area contributed by atoms with Crippen LogP contribution in [0.15, 0.2) is 18.2 Å². The van der Waals surface area contributed by atoms with Gasteiger partial charge in [0.15, 0.2) is 0 Å². The number of thioether (sulfide) groups is 1. The number of carbonyl (C=O) groups is 1. The van der Waals surface area contributed by atoms with E-state index < -0.39 is 0 Å². The van der Waals surface area contributed by atoms with Crippen molar-refractivity contribution in [1.82, 2.24) is 5.32 Å². The molecule has 1 aromatic carbocycles. The molecule has 0 heterocycles. The molecule has 1 aromatic rings. The predicted octanol–water partition coefficient (Wildman–Crippen LogP) is 2.70. The second kappa shape index (κ2) is 7.74. The van der Waals surface area contributed by atoms with E-state index in [-0.39, 0.29) is 18.6 Å². The Balaban J connectivity index is 2.01. The van der Waals surface area contributed by atoms with Crippen molar-refractivity contribution in [2.24, 2.45) is 0 Å². The van der Waals surface area contributed by atoms with Crippen LogP contribution in [0.3, 0.4) is 0 Å². The normalized spacial score (nSPS) is 20.7. The largest absolute Gasteiger partial charge is 0.384 e. The van der Waals surface area contributed by atoms with Crippen molar-refractivity contribution in [2.75, 3.05) is 12.9 Å². The Morgan fingerprint density at radius 1 is 1.52 bits per heavy atom. The van der Waals surface area contributed by atoms with Crippen LogP contribution < -0.4 is 5.32 Å². The molecule has 0 aromatic heterocycles. The smallest absolute Gasteiger partial charge is 0.251 e. The molecule has 3 nitrogen and oxygen atoms in total. The van der Waals surface area contributed by atoms with Gasteiger partial charge in [-0.05, 0) is 43.7 Å². The Morgan fingerprint density at radius 2 is 2.33 bits per heavy atom. The minimum Gasteiger partial charge on any atom is -0.384 e. The van der Waals surface area contributed by atoms with Crippen LogP contribution in [0.4, 0.5) is 0 Å². The van der Waals surface area contributed by atoms with Crippen molar-refractivity contribution >= 4 is 29.3 Å². The maximum Gasteiger partial charge on any atom is 0.251 e. The van der Waals surface area contributed by atoms with Gasteiger partial charge in [-0.1, -0.05) is 23.4 Å². The highest BCUT2D eigenvalue weighted by molar-refractivity contribution is 7.99. The van der Waals surface area contributed by atoms with Gasteiger partial charge in [0.05, 0.1) is 5.02 Å². The Labute approximate surface area is 134 Å². The van der Waals surface area contributed by atoms with E-state index in [1.807, 2.05) is 11.8 Å². The number of hydrogen-bond donors (Lipinski definition) is 2. The summed E-state index contributed by atoms with van der Waals surface area (Å²) in [5, 5.41) is 12.8. The second-order valence-corrected chi connectivity index (χ2v) is 6.54. The lowest BCUT2D eigenvalue weighted by atomic mass is 10.1. The first-order chi connectivity index (χ1) is 10.1. The number of hydrogen-bond acceptors (Lipinski definition) is 3. The Hall–Kier alpha value is -1.15. The van der Waals surface area contributed by atoms with E-state index in [1.54, 1.807) is 18.2 Å².